The van der Waals surface area contributed by atoms with Crippen molar-refractivity contribution >= 4 is 45.5 Å². The third-order valence-electron chi connectivity index (χ3n) is 2.99. The summed E-state index contributed by atoms with van der Waals surface area (Å²) in [5.41, 5.74) is 1.21. The highest BCUT2D eigenvalue weighted by Gasteiger charge is 2.12. The number of benzene rings is 2. The molecule has 2 rings (SSSR count). The van der Waals surface area contributed by atoms with Crippen LogP contribution in [0.25, 0.3) is 6.08 Å². The van der Waals surface area contributed by atoms with Crippen molar-refractivity contribution in [1.29, 1.82) is 0 Å². The zero-order chi connectivity index (χ0) is 16.8. The van der Waals surface area contributed by atoms with Gasteiger partial charge in [0.25, 0.3) is 0 Å². The second kappa shape index (κ2) is 8.31. The highest BCUT2D eigenvalue weighted by Crippen LogP contribution is 2.35. The third kappa shape index (κ3) is 4.94. The van der Waals surface area contributed by atoms with Crippen molar-refractivity contribution in [2.24, 2.45) is 0 Å². The van der Waals surface area contributed by atoms with Crippen LogP contribution in [0.2, 0.25) is 0 Å². The van der Waals surface area contributed by atoms with Crippen molar-refractivity contribution in [1.82, 2.24) is 0 Å². The van der Waals surface area contributed by atoms with Gasteiger partial charge in [0.15, 0.2) is 11.5 Å². The molecule has 0 aliphatic carbocycles. The summed E-state index contributed by atoms with van der Waals surface area (Å²) < 4.78 is 25.5. The van der Waals surface area contributed by atoms with Gasteiger partial charge in [0.2, 0.25) is 5.24 Å². The quantitative estimate of drug-likeness (QED) is 0.363. The maximum absolute atomic E-state index is 13.6. The van der Waals surface area contributed by atoms with Crippen molar-refractivity contribution in [3.63, 3.8) is 0 Å². The standard InChI is InChI=1S/C17H13ClFIO3/c1-22-15-9-11(6-7-16(18)21)8-14(20)17(15)23-10-12-4-2-3-5-13(12)19/h2-9H,10H2,1H3/b7-6+. The van der Waals surface area contributed by atoms with Crippen LogP contribution >= 0.6 is 34.2 Å². The lowest BCUT2D eigenvalue weighted by molar-refractivity contribution is -0.107. The highest BCUT2D eigenvalue weighted by atomic mass is 127. The van der Waals surface area contributed by atoms with Crippen LogP contribution in [-0.2, 0) is 11.4 Å². The molecule has 0 aliphatic heterocycles. The van der Waals surface area contributed by atoms with E-state index in [1.807, 2.05) is 6.07 Å². The van der Waals surface area contributed by atoms with E-state index < -0.39 is 5.24 Å². The van der Waals surface area contributed by atoms with Crippen LogP contribution in [0.1, 0.15) is 11.1 Å². The summed E-state index contributed by atoms with van der Waals surface area (Å²) in [6.45, 7) is 0.0917. The van der Waals surface area contributed by atoms with E-state index in [2.05, 4.69) is 22.6 Å². The number of methoxy groups -OCH3 is 1. The van der Waals surface area contributed by atoms with Crippen molar-refractivity contribution < 1.29 is 18.7 Å². The zero-order valence-electron chi connectivity index (χ0n) is 12.2. The Morgan fingerprint density at radius 1 is 1.35 bits per heavy atom. The molecule has 0 saturated heterocycles. The summed E-state index contributed by atoms with van der Waals surface area (Å²) in [5, 5.41) is -0.557. The van der Waals surface area contributed by atoms with E-state index >= 15 is 0 Å². The van der Waals surface area contributed by atoms with Gasteiger partial charge < -0.3 is 9.47 Å². The number of hydrogen-bond donors (Lipinski definition) is 0. The molecule has 23 heavy (non-hydrogen) atoms. The van der Waals surface area contributed by atoms with Gasteiger partial charge in [0, 0.05) is 5.56 Å². The van der Waals surface area contributed by atoms with E-state index in [1.165, 1.54) is 19.3 Å². The first-order valence-corrected chi connectivity index (χ1v) is 8.08. The van der Waals surface area contributed by atoms with Crippen LogP contribution in [0.3, 0.4) is 0 Å². The van der Waals surface area contributed by atoms with Gasteiger partial charge >= 0.3 is 0 Å². The van der Waals surface area contributed by atoms with Crippen LogP contribution in [0.4, 0.5) is 4.39 Å². The first kappa shape index (κ1) is 17.7. The van der Waals surface area contributed by atoms with Crippen LogP contribution in [0.5, 0.6) is 11.5 Å². The van der Waals surface area contributed by atoms with E-state index in [0.29, 0.717) is 17.1 Å². The molecule has 2 aromatic carbocycles. The van der Waals surface area contributed by atoms with Crippen LogP contribution in [-0.4, -0.2) is 12.4 Å². The summed E-state index contributed by atoms with van der Waals surface area (Å²) in [5.74, 6) is 0.697. The monoisotopic (exact) mass is 446 g/mol. The summed E-state index contributed by atoms with van der Waals surface area (Å²) in [7, 11) is 1.52. The van der Waals surface area contributed by atoms with Gasteiger partial charge in [-0.1, -0.05) is 18.2 Å². The van der Waals surface area contributed by atoms with Gasteiger partial charge in [-0.05, 0) is 70.1 Å². The maximum Gasteiger partial charge on any atom is 0.245 e. The molecule has 3 nitrogen and oxygen atoms in total. The van der Waals surface area contributed by atoms with Crippen molar-refractivity contribution in [3.05, 3.63) is 63.0 Å². The van der Waals surface area contributed by atoms with Crippen LogP contribution in [0, 0.1) is 9.39 Å². The van der Waals surface area contributed by atoms with Crippen molar-refractivity contribution in [2.45, 2.75) is 6.61 Å². The average Bonchev–Trinajstić information content (AvgIpc) is 2.52. The molecule has 0 N–H and O–H groups in total. The van der Waals surface area contributed by atoms with Crippen LogP contribution < -0.4 is 9.47 Å². The molecule has 0 unspecified atom stereocenters. The zero-order valence-corrected chi connectivity index (χ0v) is 15.1. The van der Waals surface area contributed by atoms with Crippen molar-refractivity contribution in [3.8, 4) is 11.5 Å². The van der Waals surface area contributed by atoms with E-state index in [-0.39, 0.29) is 12.4 Å². The third-order valence-corrected chi connectivity index (χ3v) is 3.92. The Hall–Kier alpha value is -1.60. The minimum absolute atomic E-state index is 0.0917. The lowest BCUT2D eigenvalue weighted by Crippen LogP contribution is -2.02. The van der Waals surface area contributed by atoms with Gasteiger partial charge in [-0.3, -0.25) is 4.79 Å². The molecule has 0 fully saturated rings. The van der Waals surface area contributed by atoms with Crippen LogP contribution in [0.15, 0.2) is 42.5 Å². The second-order valence-electron chi connectivity index (χ2n) is 4.55. The minimum atomic E-state index is -0.557. The number of halogens is 3. The summed E-state index contributed by atoms with van der Waals surface area (Å²) in [6, 6.07) is 9.96. The molecule has 0 bridgehead atoms. The fraction of sp³-hybridized carbons (Fsp3) is 0.118. The number of carbonyl (C=O) groups excluding carboxylic acids is 1. The van der Waals surface area contributed by atoms with E-state index in [9.17, 15) is 9.18 Å². The molecule has 0 aromatic heterocycles. The molecule has 0 heterocycles. The minimum Gasteiger partial charge on any atom is -0.493 e. The number of hydrogen-bond acceptors (Lipinski definition) is 3. The Balaban J connectivity index is 2.24. The Morgan fingerprint density at radius 3 is 2.74 bits per heavy atom. The molecular formula is C17H13ClFIO3. The Morgan fingerprint density at radius 2 is 2.09 bits per heavy atom. The maximum atomic E-state index is 13.6. The molecule has 120 valence electrons. The molecule has 0 atom stereocenters. The van der Waals surface area contributed by atoms with Gasteiger partial charge in [-0.25, -0.2) is 4.39 Å². The second-order valence-corrected chi connectivity index (χ2v) is 6.09. The normalized spacial score (nSPS) is 10.8. The Kier molecular flexibility index (Phi) is 6.41. The molecule has 0 amide bonds. The first-order valence-electron chi connectivity index (χ1n) is 6.62. The Bertz CT molecular complexity index is 747. The molecule has 0 aliphatic rings. The predicted molar refractivity (Wildman–Crippen MR) is 96.3 cm³/mol. The SMILES string of the molecule is COc1cc(/C=C/C(=O)Cl)cc(I)c1OCc1ccccc1F. The molecular weight excluding hydrogens is 434 g/mol. The largest absolute Gasteiger partial charge is 0.493 e. The fourth-order valence-corrected chi connectivity index (χ4v) is 2.75. The number of allylic oxidation sites excluding steroid dienone is 1. The molecule has 2 aromatic rings. The number of ether oxygens (including phenoxy) is 2. The van der Waals surface area contributed by atoms with Gasteiger partial charge in [0.05, 0.1) is 10.7 Å². The van der Waals surface area contributed by atoms with E-state index in [4.69, 9.17) is 21.1 Å². The number of carbonyl (C=O) groups is 1. The lowest BCUT2D eigenvalue weighted by atomic mass is 10.2. The Labute approximate surface area is 152 Å². The topological polar surface area (TPSA) is 35.5 Å². The molecule has 0 saturated carbocycles. The lowest BCUT2D eigenvalue weighted by Gasteiger charge is -2.14. The van der Waals surface area contributed by atoms with Gasteiger partial charge in [-0.15, -0.1) is 0 Å². The summed E-state index contributed by atoms with van der Waals surface area (Å²) >= 11 is 7.38. The molecule has 6 heteroatoms. The summed E-state index contributed by atoms with van der Waals surface area (Å²) in [6.07, 6.45) is 2.84. The number of rotatable bonds is 6. The van der Waals surface area contributed by atoms with Gasteiger partial charge in [-0.2, -0.15) is 0 Å². The van der Waals surface area contributed by atoms with E-state index in [0.717, 1.165) is 9.13 Å². The summed E-state index contributed by atoms with van der Waals surface area (Å²) in [4.78, 5) is 10.8. The molecule has 0 spiro atoms. The van der Waals surface area contributed by atoms with Crippen molar-refractivity contribution in [2.75, 3.05) is 7.11 Å². The fourth-order valence-electron chi connectivity index (χ4n) is 1.90. The van der Waals surface area contributed by atoms with Gasteiger partial charge in [0.1, 0.15) is 12.4 Å². The smallest absolute Gasteiger partial charge is 0.245 e. The van der Waals surface area contributed by atoms with E-state index in [1.54, 1.807) is 30.3 Å². The average molecular weight is 447 g/mol. The highest BCUT2D eigenvalue weighted by molar-refractivity contribution is 14.1. The first-order chi connectivity index (χ1) is 11.0. The molecule has 0 radical (unpaired) electrons. The predicted octanol–water partition coefficient (Wildman–Crippen LogP) is 4.80.